The number of aromatic nitrogens is 2. The fourth-order valence-corrected chi connectivity index (χ4v) is 4.73. The van der Waals surface area contributed by atoms with E-state index in [0.717, 1.165) is 44.8 Å². The van der Waals surface area contributed by atoms with Crippen molar-refractivity contribution in [2.45, 2.75) is 38.3 Å². The lowest BCUT2D eigenvalue weighted by molar-refractivity contribution is -0.164. The molecule has 5 rings (SSSR count). The second-order valence-corrected chi connectivity index (χ2v) is 8.55. The molecule has 1 aliphatic carbocycles. The summed E-state index contributed by atoms with van der Waals surface area (Å²) in [7, 11) is 0. The van der Waals surface area contributed by atoms with Gasteiger partial charge in [0, 0.05) is 45.0 Å². The topological polar surface area (TPSA) is 94.0 Å². The Morgan fingerprint density at radius 3 is 2.52 bits per heavy atom. The normalized spacial score (nSPS) is 20.6. The summed E-state index contributed by atoms with van der Waals surface area (Å²) >= 11 is 0. The molecule has 0 N–H and O–H groups in total. The molecule has 2 aromatic rings. The molecule has 9 nitrogen and oxygen atoms in total. The number of halogens is 1. The lowest BCUT2D eigenvalue weighted by Gasteiger charge is -2.36. The number of esters is 2. The summed E-state index contributed by atoms with van der Waals surface area (Å²) < 4.78 is 24.8. The van der Waals surface area contributed by atoms with Gasteiger partial charge in [-0.2, -0.15) is 5.10 Å². The molecule has 10 heteroatoms. The van der Waals surface area contributed by atoms with Crippen molar-refractivity contribution in [3.8, 4) is 5.75 Å². The SMILES string of the molecule is O=C1Oc2c3c(nn(CCCN4CCN(c5ccc(F)cc5)CC4)c2=O)CCCC3OC1=O. The zero-order valence-electron chi connectivity index (χ0n) is 18.2. The third-order valence-corrected chi connectivity index (χ3v) is 6.45. The van der Waals surface area contributed by atoms with E-state index < -0.39 is 23.6 Å². The Kier molecular flexibility index (Phi) is 5.84. The van der Waals surface area contributed by atoms with Crippen molar-refractivity contribution in [3.05, 3.63) is 51.7 Å². The maximum Gasteiger partial charge on any atom is 0.423 e. The molecule has 3 aliphatic rings. The van der Waals surface area contributed by atoms with E-state index in [1.165, 1.54) is 16.8 Å². The Labute approximate surface area is 189 Å². The molecule has 2 aliphatic heterocycles. The van der Waals surface area contributed by atoms with Crippen molar-refractivity contribution >= 4 is 17.6 Å². The minimum atomic E-state index is -1.17. The quantitative estimate of drug-likeness (QED) is 0.493. The zero-order valence-corrected chi connectivity index (χ0v) is 18.2. The first-order valence-corrected chi connectivity index (χ1v) is 11.3. The fraction of sp³-hybridized carbons (Fsp3) is 0.478. The third kappa shape index (κ3) is 4.35. The molecule has 1 fully saturated rings. The molecule has 0 bridgehead atoms. The van der Waals surface area contributed by atoms with Crippen LogP contribution in [-0.2, 0) is 27.3 Å². The summed E-state index contributed by atoms with van der Waals surface area (Å²) in [4.78, 5) is 41.2. The van der Waals surface area contributed by atoms with Crippen LogP contribution in [0.25, 0.3) is 0 Å². The van der Waals surface area contributed by atoms with Gasteiger partial charge in [0.15, 0.2) is 0 Å². The van der Waals surface area contributed by atoms with E-state index in [-0.39, 0.29) is 11.6 Å². The van der Waals surface area contributed by atoms with E-state index >= 15 is 0 Å². The minimum absolute atomic E-state index is 0.117. The number of aryl methyl sites for hydroxylation is 2. The number of carbonyl (C=O) groups excluding carboxylic acids is 2. The Morgan fingerprint density at radius 2 is 1.76 bits per heavy atom. The number of anilines is 1. The van der Waals surface area contributed by atoms with Crippen LogP contribution < -0.4 is 15.2 Å². The van der Waals surface area contributed by atoms with E-state index in [0.29, 0.717) is 37.1 Å². The van der Waals surface area contributed by atoms with Crippen molar-refractivity contribution in [1.82, 2.24) is 14.7 Å². The van der Waals surface area contributed by atoms with Crippen LogP contribution in [0.5, 0.6) is 5.75 Å². The average Bonchev–Trinajstić information content (AvgIpc) is 2.95. The lowest BCUT2D eigenvalue weighted by Crippen LogP contribution is -2.46. The van der Waals surface area contributed by atoms with Crippen LogP contribution in [0.3, 0.4) is 0 Å². The van der Waals surface area contributed by atoms with Crippen LogP contribution in [0.1, 0.15) is 36.6 Å². The molecule has 1 saturated heterocycles. The molecule has 0 saturated carbocycles. The van der Waals surface area contributed by atoms with E-state index in [1.807, 2.05) is 0 Å². The van der Waals surface area contributed by atoms with Crippen LogP contribution in [0, 0.1) is 5.82 Å². The van der Waals surface area contributed by atoms with Crippen molar-refractivity contribution in [1.29, 1.82) is 0 Å². The highest BCUT2D eigenvalue weighted by Gasteiger charge is 2.38. The molecular formula is C23H25FN4O5. The molecule has 0 amide bonds. The van der Waals surface area contributed by atoms with Crippen molar-refractivity contribution in [2.75, 3.05) is 37.6 Å². The highest BCUT2D eigenvalue weighted by molar-refractivity contribution is 6.30. The number of hydrogen-bond donors (Lipinski definition) is 0. The van der Waals surface area contributed by atoms with Crippen molar-refractivity contribution in [2.24, 2.45) is 0 Å². The van der Waals surface area contributed by atoms with Crippen LogP contribution in [-0.4, -0.2) is 59.3 Å². The van der Waals surface area contributed by atoms with Crippen LogP contribution >= 0.6 is 0 Å². The molecule has 1 atom stereocenters. The summed E-state index contributed by atoms with van der Waals surface area (Å²) in [5.41, 5.74) is 1.60. The predicted molar refractivity (Wildman–Crippen MR) is 116 cm³/mol. The lowest BCUT2D eigenvalue weighted by atomic mass is 9.93. The number of piperazine rings is 1. The first kappa shape index (κ1) is 21.6. The minimum Gasteiger partial charge on any atom is -0.449 e. The zero-order chi connectivity index (χ0) is 22.9. The maximum absolute atomic E-state index is 13.1. The van der Waals surface area contributed by atoms with Crippen LogP contribution in [0.4, 0.5) is 10.1 Å². The molecule has 0 spiro atoms. The first-order chi connectivity index (χ1) is 16.0. The molecule has 0 radical (unpaired) electrons. The largest absolute Gasteiger partial charge is 0.449 e. The summed E-state index contributed by atoms with van der Waals surface area (Å²) in [5, 5.41) is 4.50. The second kappa shape index (κ2) is 8.93. The molecule has 33 heavy (non-hydrogen) atoms. The van der Waals surface area contributed by atoms with Gasteiger partial charge in [0.2, 0.25) is 5.75 Å². The smallest absolute Gasteiger partial charge is 0.423 e. The van der Waals surface area contributed by atoms with Crippen molar-refractivity contribution < 1.29 is 23.5 Å². The molecular weight excluding hydrogens is 431 g/mol. The number of benzene rings is 1. The van der Waals surface area contributed by atoms with Gasteiger partial charge in [0.25, 0.3) is 0 Å². The summed E-state index contributed by atoms with van der Waals surface area (Å²) in [6.45, 7) is 4.61. The monoisotopic (exact) mass is 456 g/mol. The first-order valence-electron chi connectivity index (χ1n) is 11.3. The Morgan fingerprint density at radius 1 is 1.00 bits per heavy atom. The van der Waals surface area contributed by atoms with Crippen LogP contribution in [0.2, 0.25) is 0 Å². The van der Waals surface area contributed by atoms with Gasteiger partial charge in [-0.25, -0.2) is 18.7 Å². The number of hydrogen-bond acceptors (Lipinski definition) is 8. The highest BCUT2D eigenvalue weighted by Crippen LogP contribution is 2.37. The Hall–Kier alpha value is -3.27. The molecule has 174 valence electrons. The highest BCUT2D eigenvalue weighted by atomic mass is 19.1. The fourth-order valence-electron chi connectivity index (χ4n) is 4.73. The average molecular weight is 456 g/mol. The van der Waals surface area contributed by atoms with E-state index in [4.69, 9.17) is 9.47 Å². The van der Waals surface area contributed by atoms with Gasteiger partial charge in [-0.05, 0) is 49.9 Å². The third-order valence-electron chi connectivity index (χ3n) is 6.45. The Bertz CT molecular complexity index is 1120. The number of carbonyl (C=O) groups is 2. The van der Waals surface area contributed by atoms with Gasteiger partial charge in [-0.15, -0.1) is 0 Å². The second-order valence-electron chi connectivity index (χ2n) is 8.55. The number of rotatable bonds is 5. The van der Waals surface area contributed by atoms with Gasteiger partial charge >= 0.3 is 17.5 Å². The maximum atomic E-state index is 13.1. The van der Waals surface area contributed by atoms with E-state index in [1.54, 1.807) is 12.1 Å². The molecule has 1 aromatic carbocycles. The number of nitrogens with zero attached hydrogens (tertiary/aromatic N) is 4. The van der Waals surface area contributed by atoms with Gasteiger partial charge < -0.3 is 14.4 Å². The van der Waals surface area contributed by atoms with Gasteiger partial charge in [-0.1, -0.05) is 0 Å². The van der Waals surface area contributed by atoms with Gasteiger partial charge in [-0.3, -0.25) is 9.69 Å². The van der Waals surface area contributed by atoms with Crippen molar-refractivity contribution in [3.63, 3.8) is 0 Å². The number of ether oxygens (including phenoxy) is 2. The summed E-state index contributed by atoms with van der Waals surface area (Å²) in [6.07, 6.45) is 1.98. The van der Waals surface area contributed by atoms with E-state index in [2.05, 4.69) is 14.9 Å². The predicted octanol–water partition coefficient (Wildman–Crippen LogP) is 1.43. The summed E-state index contributed by atoms with van der Waals surface area (Å²) in [5.74, 6) is -2.60. The molecule has 3 heterocycles. The molecule has 1 aromatic heterocycles. The Balaban J connectivity index is 1.22. The molecule has 1 unspecified atom stereocenters. The van der Waals surface area contributed by atoms with Gasteiger partial charge in [0.1, 0.15) is 11.9 Å². The van der Waals surface area contributed by atoms with E-state index in [9.17, 15) is 18.8 Å². The standard InChI is InChI=1S/C23H25FN4O5/c24-15-5-7-16(8-6-15)27-13-11-26(12-14-27)9-2-10-28-21(29)20-19-17(25-28)3-1-4-18(19)32-22(30)23(31)33-20/h5-8,18H,1-4,9-14H2. The van der Waals surface area contributed by atoms with Gasteiger partial charge in [0.05, 0.1) is 11.3 Å². The van der Waals surface area contributed by atoms with Crippen LogP contribution in [0.15, 0.2) is 29.1 Å². The summed E-state index contributed by atoms with van der Waals surface area (Å²) in [6, 6.07) is 6.54.